The topological polar surface area (TPSA) is 69.6 Å². The smallest absolute Gasteiger partial charge is 0.255 e. The van der Waals surface area contributed by atoms with Gasteiger partial charge in [0.15, 0.2) is 0 Å². The molecule has 0 aliphatic carbocycles. The number of benzene rings is 1. The van der Waals surface area contributed by atoms with Gasteiger partial charge >= 0.3 is 0 Å². The summed E-state index contributed by atoms with van der Waals surface area (Å²) in [6.07, 6.45) is 0. The van der Waals surface area contributed by atoms with Crippen LogP contribution in [0.2, 0.25) is 0 Å². The lowest BCUT2D eigenvalue weighted by molar-refractivity contribution is 0.0963. The highest BCUT2D eigenvalue weighted by Crippen LogP contribution is 2.31. The predicted octanol–water partition coefficient (Wildman–Crippen LogP) is 0.341. The number of hydrogen-bond acceptors (Lipinski definition) is 3. The molecule has 0 saturated carbocycles. The van der Waals surface area contributed by atoms with E-state index >= 15 is 0 Å². The van der Waals surface area contributed by atoms with Gasteiger partial charge in [0.1, 0.15) is 11.5 Å². The van der Waals surface area contributed by atoms with E-state index in [2.05, 4.69) is 5.32 Å². The molecule has 1 heterocycles. The molecule has 1 aliphatic heterocycles. The van der Waals surface area contributed by atoms with Crippen molar-refractivity contribution >= 4 is 5.91 Å². The summed E-state index contributed by atoms with van der Waals surface area (Å²) in [5.74, 6) is -0.377. The van der Waals surface area contributed by atoms with Crippen LogP contribution in [0, 0.1) is 0 Å². The maximum Gasteiger partial charge on any atom is 0.255 e. The Balaban J connectivity index is 2.72. The SMILES string of the molecule is O=C1NCc2c(O)ccc(O)c21. The van der Waals surface area contributed by atoms with E-state index in [1.807, 2.05) is 0 Å². The maximum atomic E-state index is 11.1. The van der Waals surface area contributed by atoms with Crippen LogP contribution in [-0.4, -0.2) is 16.1 Å². The van der Waals surface area contributed by atoms with Gasteiger partial charge in [-0.2, -0.15) is 0 Å². The standard InChI is InChI=1S/C8H7NO3/c10-5-1-2-6(11)7-4(5)3-9-8(7)12/h1-2,10-11H,3H2,(H,9,12). The van der Waals surface area contributed by atoms with Crippen LogP contribution in [0.5, 0.6) is 11.5 Å². The zero-order valence-electron chi connectivity index (χ0n) is 6.16. The van der Waals surface area contributed by atoms with E-state index < -0.39 is 0 Å². The minimum atomic E-state index is -0.335. The van der Waals surface area contributed by atoms with Gasteiger partial charge in [-0.25, -0.2) is 0 Å². The summed E-state index contributed by atoms with van der Waals surface area (Å²) < 4.78 is 0. The van der Waals surface area contributed by atoms with Crippen LogP contribution in [-0.2, 0) is 6.54 Å². The minimum absolute atomic E-state index is 0.0427. The van der Waals surface area contributed by atoms with Crippen molar-refractivity contribution in [3.63, 3.8) is 0 Å². The first-order chi connectivity index (χ1) is 5.70. The second-order valence-corrected chi connectivity index (χ2v) is 2.64. The molecule has 12 heavy (non-hydrogen) atoms. The molecular formula is C8H7NO3. The molecule has 1 aromatic rings. The lowest BCUT2D eigenvalue weighted by atomic mass is 10.1. The largest absolute Gasteiger partial charge is 0.508 e. The Kier molecular flexibility index (Phi) is 1.24. The zero-order chi connectivity index (χ0) is 8.72. The lowest BCUT2D eigenvalue weighted by Crippen LogP contribution is -2.12. The van der Waals surface area contributed by atoms with Gasteiger partial charge in [-0.15, -0.1) is 0 Å². The number of carbonyl (C=O) groups excluding carboxylic acids is 1. The van der Waals surface area contributed by atoms with Crippen LogP contribution in [0.3, 0.4) is 0 Å². The number of fused-ring (bicyclic) bond motifs is 1. The second-order valence-electron chi connectivity index (χ2n) is 2.64. The van der Waals surface area contributed by atoms with E-state index in [9.17, 15) is 15.0 Å². The number of nitrogens with one attached hydrogen (secondary N) is 1. The fraction of sp³-hybridized carbons (Fsp3) is 0.125. The average Bonchev–Trinajstić information content (AvgIpc) is 2.42. The molecular weight excluding hydrogens is 158 g/mol. The number of carbonyl (C=O) groups is 1. The van der Waals surface area contributed by atoms with Crippen molar-refractivity contribution in [3.05, 3.63) is 23.3 Å². The molecule has 0 radical (unpaired) electrons. The van der Waals surface area contributed by atoms with Crippen LogP contribution in [0.1, 0.15) is 15.9 Å². The van der Waals surface area contributed by atoms with Crippen LogP contribution in [0.4, 0.5) is 0 Å². The summed E-state index contributed by atoms with van der Waals surface area (Å²) in [5.41, 5.74) is 0.662. The van der Waals surface area contributed by atoms with E-state index in [1.165, 1.54) is 12.1 Å². The van der Waals surface area contributed by atoms with Crippen molar-refractivity contribution < 1.29 is 15.0 Å². The third kappa shape index (κ3) is 0.747. The van der Waals surface area contributed by atoms with Crippen LogP contribution >= 0.6 is 0 Å². The molecule has 1 aliphatic rings. The molecule has 4 nitrogen and oxygen atoms in total. The Morgan fingerprint density at radius 2 is 1.92 bits per heavy atom. The average molecular weight is 165 g/mol. The van der Waals surface area contributed by atoms with Crippen molar-refractivity contribution in [2.24, 2.45) is 0 Å². The Labute approximate surface area is 68.5 Å². The molecule has 0 atom stereocenters. The lowest BCUT2D eigenvalue weighted by Gasteiger charge is -2.00. The molecule has 1 aromatic carbocycles. The summed E-state index contributed by atoms with van der Waals surface area (Å²) >= 11 is 0. The quantitative estimate of drug-likeness (QED) is 0.485. The van der Waals surface area contributed by atoms with Gasteiger partial charge in [-0.1, -0.05) is 0 Å². The first kappa shape index (κ1) is 6.97. The molecule has 0 spiro atoms. The van der Waals surface area contributed by atoms with E-state index in [0.29, 0.717) is 5.56 Å². The first-order valence-electron chi connectivity index (χ1n) is 3.52. The molecule has 1 amide bonds. The number of hydrogen-bond donors (Lipinski definition) is 3. The third-order valence-electron chi connectivity index (χ3n) is 1.92. The molecule has 0 fully saturated rings. The molecule has 3 N–H and O–H groups in total. The highest BCUT2D eigenvalue weighted by molar-refractivity contribution is 6.01. The fourth-order valence-electron chi connectivity index (χ4n) is 1.31. The Bertz CT molecular complexity index is 360. The van der Waals surface area contributed by atoms with Gasteiger partial charge in [0.05, 0.1) is 5.56 Å². The normalized spacial score (nSPS) is 14.2. The van der Waals surface area contributed by atoms with Gasteiger partial charge in [-0.05, 0) is 12.1 Å². The zero-order valence-corrected chi connectivity index (χ0v) is 6.16. The van der Waals surface area contributed by atoms with Gasteiger partial charge in [0.2, 0.25) is 0 Å². The number of rotatable bonds is 0. The van der Waals surface area contributed by atoms with E-state index in [0.717, 1.165) is 0 Å². The molecule has 0 saturated heterocycles. The molecule has 0 aromatic heterocycles. The van der Waals surface area contributed by atoms with Crippen LogP contribution in [0.25, 0.3) is 0 Å². The van der Waals surface area contributed by atoms with Gasteiger partial charge in [0.25, 0.3) is 5.91 Å². The molecule has 62 valence electrons. The van der Waals surface area contributed by atoms with E-state index in [4.69, 9.17) is 0 Å². The summed E-state index contributed by atoms with van der Waals surface area (Å²) in [6.45, 7) is 0.286. The highest BCUT2D eigenvalue weighted by Gasteiger charge is 2.25. The van der Waals surface area contributed by atoms with Gasteiger partial charge in [0, 0.05) is 12.1 Å². The third-order valence-corrected chi connectivity index (χ3v) is 1.92. The highest BCUT2D eigenvalue weighted by atomic mass is 16.3. The van der Waals surface area contributed by atoms with Gasteiger partial charge in [-0.3, -0.25) is 4.79 Å². The molecule has 0 unspecified atom stereocenters. The molecule has 4 heteroatoms. The van der Waals surface area contributed by atoms with Crippen molar-refractivity contribution in [1.82, 2.24) is 5.32 Å². The number of phenols is 2. The second kappa shape index (κ2) is 2.14. The monoisotopic (exact) mass is 165 g/mol. The summed E-state index contributed by atoms with van der Waals surface area (Å²) in [5, 5.41) is 21.0. The fourth-order valence-corrected chi connectivity index (χ4v) is 1.31. The van der Waals surface area contributed by atoms with Crippen molar-refractivity contribution in [3.8, 4) is 11.5 Å². The van der Waals surface area contributed by atoms with Crippen LogP contribution < -0.4 is 5.32 Å². The van der Waals surface area contributed by atoms with E-state index in [-0.39, 0.29) is 29.5 Å². The first-order valence-corrected chi connectivity index (χ1v) is 3.52. The van der Waals surface area contributed by atoms with E-state index in [1.54, 1.807) is 0 Å². The summed E-state index contributed by atoms with van der Waals surface area (Å²) in [4.78, 5) is 11.1. The number of phenolic OH excluding ortho intramolecular Hbond substituents is 2. The van der Waals surface area contributed by atoms with Gasteiger partial charge < -0.3 is 15.5 Å². The predicted molar refractivity (Wildman–Crippen MR) is 40.9 cm³/mol. The number of amides is 1. The Morgan fingerprint density at radius 1 is 1.25 bits per heavy atom. The number of aromatic hydroxyl groups is 2. The van der Waals surface area contributed by atoms with Crippen molar-refractivity contribution in [2.75, 3.05) is 0 Å². The summed E-state index contributed by atoms with van der Waals surface area (Å²) in [6, 6.07) is 2.67. The molecule has 0 bridgehead atoms. The maximum absolute atomic E-state index is 11.1. The van der Waals surface area contributed by atoms with Crippen LogP contribution in [0.15, 0.2) is 12.1 Å². The Morgan fingerprint density at radius 3 is 2.58 bits per heavy atom. The molecule has 2 rings (SSSR count). The van der Waals surface area contributed by atoms with Crippen molar-refractivity contribution in [2.45, 2.75) is 6.54 Å². The van der Waals surface area contributed by atoms with Crippen molar-refractivity contribution in [1.29, 1.82) is 0 Å². The minimum Gasteiger partial charge on any atom is -0.508 e. The Hall–Kier alpha value is -1.71. The summed E-state index contributed by atoms with van der Waals surface area (Å²) in [7, 11) is 0.